The molecule has 1 saturated heterocycles. The molecule has 2 heterocycles. The summed E-state index contributed by atoms with van der Waals surface area (Å²) in [5.74, 6) is 0.716. The van der Waals surface area contributed by atoms with Gasteiger partial charge >= 0.3 is 0 Å². The zero-order valence-electron chi connectivity index (χ0n) is 16.4. The third kappa shape index (κ3) is 3.97. The Balaban J connectivity index is 1.51. The van der Waals surface area contributed by atoms with Crippen LogP contribution in [-0.2, 0) is 4.74 Å². The van der Waals surface area contributed by atoms with Gasteiger partial charge in [-0.3, -0.25) is 14.7 Å². The zero-order chi connectivity index (χ0) is 20.2. The minimum atomic E-state index is -0.235. The molecule has 2 aromatic rings. The Morgan fingerprint density at radius 3 is 2.59 bits per heavy atom. The predicted octanol–water partition coefficient (Wildman–Crippen LogP) is 2.81. The first-order valence-electron chi connectivity index (χ1n) is 9.72. The van der Waals surface area contributed by atoms with Gasteiger partial charge in [0.15, 0.2) is 17.3 Å². The summed E-state index contributed by atoms with van der Waals surface area (Å²) in [4.78, 5) is 19.2. The van der Waals surface area contributed by atoms with Crippen molar-refractivity contribution in [3.63, 3.8) is 0 Å². The first-order valence-corrected chi connectivity index (χ1v) is 9.72. The first kappa shape index (κ1) is 19.4. The lowest BCUT2D eigenvalue weighted by molar-refractivity contribution is 0.0357. The molecule has 1 N–H and O–H groups in total. The maximum atomic E-state index is 12.9. The number of rotatable bonds is 7. The molecule has 1 fully saturated rings. The minimum Gasteiger partial charge on any atom is -0.506 e. The Hall–Kier alpha value is -2.90. The second kappa shape index (κ2) is 8.63. The standard InChI is InChI=1S/C22H24N2O5/c1-27-18-13-16-17(22(26)20(21(16)25)15-3-5-23-6-4-15)14-19(18)29-10-2-7-24-8-11-28-12-9-24/h3-6,13-14,26H,2,7-12H2,1H3. The SMILES string of the molecule is COc1cc2c(cc1OCCCN1CCOCC1)C(O)=C(c1ccncc1)C2=O. The van der Waals surface area contributed by atoms with E-state index in [4.69, 9.17) is 14.2 Å². The molecule has 0 spiro atoms. The summed E-state index contributed by atoms with van der Waals surface area (Å²) in [6.07, 6.45) is 4.05. The van der Waals surface area contributed by atoms with Crippen LogP contribution in [0.5, 0.6) is 11.5 Å². The molecule has 0 bridgehead atoms. The van der Waals surface area contributed by atoms with Crippen LogP contribution in [0.25, 0.3) is 11.3 Å². The Bertz CT molecular complexity index is 920. The second-order valence-electron chi connectivity index (χ2n) is 6.99. The average molecular weight is 396 g/mol. The van der Waals surface area contributed by atoms with E-state index in [1.165, 1.54) is 0 Å². The molecule has 29 heavy (non-hydrogen) atoms. The van der Waals surface area contributed by atoms with Gasteiger partial charge in [0.1, 0.15) is 5.76 Å². The van der Waals surface area contributed by atoms with Gasteiger partial charge in [-0.1, -0.05) is 0 Å². The summed E-state index contributed by atoms with van der Waals surface area (Å²) >= 11 is 0. The summed E-state index contributed by atoms with van der Waals surface area (Å²) < 4.78 is 16.7. The van der Waals surface area contributed by atoms with E-state index in [9.17, 15) is 9.90 Å². The van der Waals surface area contributed by atoms with Crippen molar-refractivity contribution in [2.75, 3.05) is 46.6 Å². The predicted molar refractivity (Wildman–Crippen MR) is 108 cm³/mol. The number of aromatic nitrogens is 1. The number of ether oxygens (including phenoxy) is 3. The highest BCUT2D eigenvalue weighted by Crippen LogP contribution is 2.42. The van der Waals surface area contributed by atoms with Gasteiger partial charge in [-0.25, -0.2) is 0 Å². The largest absolute Gasteiger partial charge is 0.506 e. The highest BCUT2D eigenvalue weighted by atomic mass is 16.5. The number of pyridine rings is 1. The van der Waals surface area contributed by atoms with Crippen molar-refractivity contribution in [1.29, 1.82) is 0 Å². The van der Waals surface area contributed by atoms with Gasteiger partial charge in [0.25, 0.3) is 0 Å². The van der Waals surface area contributed by atoms with E-state index in [0.717, 1.165) is 39.3 Å². The molecule has 4 rings (SSSR count). The summed E-state index contributed by atoms with van der Waals surface area (Å²) in [6, 6.07) is 6.73. The summed E-state index contributed by atoms with van der Waals surface area (Å²) in [6.45, 7) is 4.90. The number of nitrogens with zero attached hydrogens (tertiary/aromatic N) is 2. The Morgan fingerprint density at radius 1 is 1.14 bits per heavy atom. The lowest BCUT2D eigenvalue weighted by Gasteiger charge is -2.26. The number of morpholine rings is 1. The van der Waals surface area contributed by atoms with Crippen molar-refractivity contribution in [1.82, 2.24) is 9.88 Å². The molecule has 7 nitrogen and oxygen atoms in total. The van der Waals surface area contributed by atoms with Crippen LogP contribution in [0.4, 0.5) is 0 Å². The monoisotopic (exact) mass is 396 g/mol. The zero-order valence-corrected chi connectivity index (χ0v) is 16.4. The second-order valence-corrected chi connectivity index (χ2v) is 6.99. The molecule has 0 amide bonds. The maximum Gasteiger partial charge on any atom is 0.198 e. The molecular weight excluding hydrogens is 372 g/mol. The minimum absolute atomic E-state index is 0.0444. The molecule has 1 aliphatic heterocycles. The van der Waals surface area contributed by atoms with E-state index in [1.54, 1.807) is 43.8 Å². The molecule has 2 aliphatic rings. The van der Waals surface area contributed by atoms with Crippen LogP contribution in [-0.4, -0.2) is 67.3 Å². The van der Waals surface area contributed by atoms with Crippen LogP contribution >= 0.6 is 0 Å². The van der Waals surface area contributed by atoms with Crippen molar-refractivity contribution in [2.45, 2.75) is 6.42 Å². The summed E-state index contributed by atoms with van der Waals surface area (Å²) in [5.41, 5.74) is 1.78. The quantitative estimate of drug-likeness (QED) is 0.721. The molecule has 1 aromatic heterocycles. The number of ketones is 1. The van der Waals surface area contributed by atoms with E-state index in [2.05, 4.69) is 9.88 Å². The van der Waals surface area contributed by atoms with Crippen molar-refractivity contribution < 1.29 is 24.1 Å². The number of Topliss-reactive ketones (excluding diaryl/α,β-unsaturated/α-hetero) is 1. The van der Waals surface area contributed by atoms with Gasteiger partial charge in [-0.05, 0) is 36.2 Å². The third-order valence-electron chi connectivity index (χ3n) is 5.22. The van der Waals surface area contributed by atoms with Gasteiger partial charge in [0.2, 0.25) is 0 Å². The summed E-state index contributed by atoms with van der Waals surface area (Å²) in [7, 11) is 1.54. The fourth-order valence-electron chi connectivity index (χ4n) is 3.67. The van der Waals surface area contributed by atoms with Gasteiger partial charge in [0.05, 0.1) is 32.5 Å². The van der Waals surface area contributed by atoms with E-state index in [-0.39, 0.29) is 17.1 Å². The molecule has 1 aliphatic carbocycles. The smallest absolute Gasteiger partial charge is 0.198 e. The molecule has 152 valence electrons. The van der Waals surface area contributed by atoms with E-state index in [0.29, 0.717) is 34.8 Å². The topological polar surface area (TPSA) is 81.1 Å². The number of allylic oxidation sites excluding steroid dienone is 1. The number of benzene rings is 1. The molecule has 0 unspecified atom stereocenters. The lowest BCUT2D eigenvalue weighted by atomic mass is 10.0. The van der Waals surface area contributed by atoms with Gasteiger partial charge in [0, 0.05) is 43.2 Å². The molecule has 0 radical (unpaired) electrons. The normalized spacial score (nSPS) is 16.8. The van der Waals surface area contributed by atoms with Crippen molar-refractivity contribution in [3.05, 3.63) is 53.3 Å². The molecule has 1 aromatic carbocycles. The summed E-state index contributed by atoms with van der Waals surface area (Å²) in [5, 5.41) is 10.7. The van der Waals surface area contributed by atoms with Crippen LogP contribution in [0.1, 0.15) is 27.9 Å². The highest BCUT2D eigenvalue weighted by Gasteiger charge is 2.32. The lowest BCUT2D eigenvalue weighted by Crippen LogP contribution is -2.37. The fraction of sp³-hybridized carbons (Fsp3) is 0.364. The number of fused-ring (bicyclic) bond motifs is 1. The first-order chi connectivity index (χ1) is 14.2. The van der Waals surface area contributed by atoms with E-state index >= 15 is 0 Å². The number of methoxy groups -OCH3 is 1. The van der Waals surface area contributed by atoms with Gasteiger partial charge in [-0.2, -0.15) is 0 Å². The number of aliphatic hydroxyl groups is 1. The number of carbonyl (C=O) groups excluding carboxylic acids is 1. The van der Waals surface area contributed by atoms with Crippen molar-refractivity contribution >= 4 is 17.1 Å². The van der Waals surface area contributed by atoms with Crippen molar-refractivity contribution in [3.8, 4) is 11.5 Å². The van der Waals surface area contributed by atoms with Crippen LogP contribution in [0.3, 0.4) is 0 Å². The Kier molecular flexibility index (Phi) is 5.78. The van der Waals surface area contributed by atoms with Gasteiger partial charge < -0.3 is 19.3 Å². The molecule has 0 saturated carbocycles. The Morgan fingerprint density at radius 2 is 1.86 bits per heavy atom. The molecular formula is C22H24N2O5. The maximum absolute atomic E-state index is 12.9. The highest BCUT2D eigenvalue weighted by molar-refractivity contribution is 6.39. The van der Waals surface area contributed by atoms with Crippen LogP contribution in [0.2, 0.25) is 0 Å². The van der Waals surface area contributed by atoms with Crippen LogP contribution < -0.4 is 9.47 Å². The molecule has 0 atom stereocenters. The van der Waals surface area contributed by atoms with Crippen LogP contribution in [0, 0.1) is 0 Å². The van der Waals surface area contributed by atoms with E-state index < -0.39 is 0 Å². The number of aliphatic hydroxyl groups excluding tert-OH is 1. The average Bonchev–Trinajstić information content (AvgIpc) is 3.01. The van der Waals surface area contributed by atoms with Gasteiger partial charge in [-0.15, -0.1) is 0 Å². The number of carbonyl (C=O) groups is 1. The van der Waals surface area contributed by atoms with Crippen LogP contribution in [0.15, 0.2) is 36.7 Å². The molecule has 7 heteroatoms. The number of hydrogen-bond donors (Lipinski definition) is 1. The Labute approximate surface area is 169 Å². The van der Waals surface area contributed by atoms with Crippen molar-refractivity contribution in [2.24, 2.45) is 0 Å². The number of hydrogen-bond acceptors (Lipinski definition) is 7. The third-order valence-corrected chi connectivity index (χ3v) is 5.22. The fourth-order valence-corrected chi connectivity index (χ4v) is 3.67. The van der Waals surface area contributed by atoms with E-state index in [1.807, 2.05) is 0 Å².